The maximum Gasteiger partial charge on any atom is 0.313 e. The molecule has 0 fully saturated rings. The van der Waals surface area contributed by atoms with Gasteiger partial charge in [-0.05, 0) is 12.1 Å². The van der Waals surface area contributed by atoms with Gasteiger partial charge in [0.1, 0.15) is 11.4 Å². The van der Waals surface area contributed by atoms with Crippen molar-refractivity contribution in [2.24, 2.45) is 0 Å². The van der Waals surface area contributed by atoms with Crippen LogP contribution in [0.2, 0.25) is 0 Å². The number of para-hydroxylation sites is 1. The molecule has 0 spiro atoms. The number of nitrogens with zero attached hydrogens (tertiary/aromatic N) is 3. The second kappa shape index (κ2) is 5.66. The number of H-pyrrole nitrogens is 1. The zero-order chi connectivity index (χ0) is 16.5. The third-order valence-corrected chi connectivity index (χ3v) is 3.90. The van der Waals surface area contributed by atoms with E-state index in [2.05, 4.69) is 19.9 Å². The number of benzene rings is 1. The number of aromatic amines is 1. The lowest BCUT2D eigenvalue weighted by molar-refractivity contribution is 0.416. The minimum absolute atomic E-state index is 0.246. The maximum absolute atomic E-state index is 9.24. The highest BCUT2D eigenvalue weighted by molar-refractivity contribution is 5.97. The number of ether oxygens (including phenoxy) is 1. The molecule has 0 atom stereocenters. The van der Waals surface area contributed by atoms with Gasteiger partial charge in [-0.1, -0.05) is 18.2 Å². The second-order valence-electron chi connectivity index (χ2n) is 5.29. The summed E-state index contributed by atoms with van der Waals surface area (Å²) in [5.41, 5.74) is 4.45. The average molecular weight is 318 g/mol. The van der Waals surface area contributed by atoms with Gasteiger partial charge in [0.05, 0.1) is 7.11 Å². The van der Waals surface area contributed by atoms with E-state index in [1.54, 1.807) is 25.7 Å². The molecule has 3 aromatic heterocycles. The molecule has 0 radical (unpaired) electrons. The Hall–Kier alpha value is -3.41. The van der Waals surface area contributed by atoms with E-state index >= 15 is 0 Å². The van der Waals surface area contributed by atoms with Gasteiger partial charge in [0.15, 0.2) is 0 Å². The highest BCUT2D eigenvalue weighted by atomic mass is 16.5. The number of nitrogens with one attached hydrogen (secondary N) is 1. The van der Waals surface area contributed by atoms with Gasteiger partial charge >= 0.3 is 6.01 Å². The number of aromatic nitrogens is 4. The molecule has 0 aliphatic rings. The summed E-state index contributed by atoms with van der Waals surface area (Å²) in [6.07, 6.45) is 6.81. The van der Waals surface area contributed by atoms with Gasteiger partial charge in [-0.15, -0.1) is 0 Å². The van der Waals surface area contributed by atoms with Crippen LogP contribution in [0.1, 0.15) is 0 Å². The van der Waals surface area contributed by atoms with Crippen molar-refractivity contribution in [2.75, 3.05) is 7.11 Å². The average Bonchev–Trinajstić information content (AvgIpc) is 3.05. The second-order valence-corrected chi connectivity index (χ2v) is 5.29. The first kappa shape index (κ1) is 14.2. The van der Waals surface area contributed by atoms with Gasteiger partial charge in [-0.25, -0.2) is 15.0 Å². The summed E-state index contributed by atoms with van der Waals surface area (Å²) in [6.45, 7) is 0. The summed E-state index contributed by atoms with van der Waals surface area (Å²) in [5, 5.41) is 10.2. The Bertz CT molecular complexity index is 1010. The molecule has 3 heterocycles. The van der Waals surface area contributed by atoms with E-state index in [-0.39, 0.29) is 6.01 Å². The predicted octanol–water partition coefficient (Wildman–Crippen LogP) is 3.40. The zero-order valence-corrected chi connectivity index (χ0v) is 12.9. The van der Waals surface area contributed by atoms with E-state index in [0.717, 1.165) is 39.0 Å². The van der Waals surface area contributed by atoms with Crippen LogP contribution in [0, 0.1) is 0 Å². The SMILES string of the molecule is COc1ccccc1-c1c[nH]c2ncc(-c3cnc(O)nc3)cc12. The van der Waals surface area contributed by atoms with E-state index < -0.39 is 0 Å². The number of hydrogen-bond acceptors (Lipinski definition) is 5. The quantitative estimate of drug-likeness (QED) is 0.605. The van der Waals surface area contributed by atoms with Crippen molar-refractivity contribution in [3.05, 3.63) is 55.1 Å². The van der Waals surface area contributed by atoms with Gasteiger partial charge in [-0.3, -0.25) is 0 Å². The van der Waals surface area contributed by atoms with Crippen molar-refractivity contribution in [3.8, 4) is 34.0 Å². The molecule has 0 saturated heterocycles. The predicted molar refractivity (Wildman–Crippen MR) is 90.8 cm³/mol. The Kier molecular flexibility index (Phi) is 3.35. The Morgan fingerprint density at radius 2 is 1.71 bits per heavy atom. The fourth-order valence-electron chi connectivity index (χ4n) is 2.72. The van der Waals surface area contributed by atoms with Crippen LogP contribution in [0.4, 0.5) is 0 Å². The number of rotatable bonds is 3. The first-order valence-electron chi connectivity index (χ1n) is 7.38. The molecule has 6 nitrogen and oxygen atoms in total. The largest absolute Gasteiger partial charge is 0.496 e. The Morgan fingerprint density at radius 1 is 0.958 bits per heavy atom. The highest BCUT2D eigenvalue weighted by Crippen LogP contribution is 2.35. The number of fused-ring (bicyclic) bond motifs is 1. The zero-order valence-electron chi connectivity index (χ0n) is 12.9. The van der Waals surface area contributed by atoms with Crippen LogP contribution in [0.25, 0.3) is 33.3 Å². The van der Waals surface area contributed by atoms with E-state index in [9.17, 15) is 5.11 Å². The van der Waals surface area contributed by atoms with Crippen molar-refractivity contribution < 1.29 is 9.84 Å². The van der Waals surface area contributed by atoms with Gasteiger partial charge in [0.2, 0.25) is 0 Å². The molecule has 4 rings (SSSR count). The maximum atomic E-state index is 9.24. The number of hydrogen-bond donors (Lipinski definition) is 2. The van der Waals surface area contributed by atoms with Gasteiger partial charge < -0.3 is 14.8 Å². The summed E-state index contributed by atoms with van der Waals surface area (Å²) in [5.74, 6) is 0.803. The van der Waals surface area contributed by atoms with Crippen LogP contribution in [0.3, 0.4) is 0 Å². The normalized spacial score (nSPS) is 10.9. The third-order valence-electron chi connectivity index (χ3n) is 3.90. The van der Waals surface area contributed by atoms with Crippen molar-refractivity contribution in [2.45, 2.75) is 0 Å². The molecule has 1 aromatic carbocycles. The molecule has 2 N–H and O–H groups in total. The molecular formula is C18H14N4O2. The lowest BCUT2D eigenvalue weighted by Crippen LogP contribution is -1.88. The molecular weight excluding hydrogens is 304 g/mol. The number of pyridine rings is 1. The van der Waals surface area contributed by atoms with E-state index in [4.69, 9.17) is 4.74 Å². The number of methoxy groups -OCH3 is 1. The minimum Gasteiger partial charge on any atom is -0.496 e. The van der Waals surface area contributed by atoms with Crippen LogP contribution in [-0.2, 0) is 0 Å². The summed E-state index contributed by atoms with van der Waals surface area (Å²) >= 11 is 0. The molecule has 0 aliphatic carbocycles. The molecule has 0 unspecified atom stereocenters. The fourth-order valence-corrected chi connectivity index (χ4v) is 2.72. The third kappa shape index (κ3) is 2.34. The fraction of sp³-hybridized carbons (Fsp3) is 0.0556. The van der Waals surface area contributed by atoms with E-state index in [1.165, 1.54) is 0 Å². The molecule has 0 aliphatic heterocycles. The standard InChI is InChI=1S/C18H14N4O2/c1-24-16-5-3-2-4-13(16)15-10-20-17-14(15)6-11(7-19-17)12-8-21-18(23)22-9-12/h2-10H,1H3,(H,19,20)(H,21,22,23). The van der Waals surface area contributed by atoms with Crippen molar-refractivity contribution in [1.82, 2.24) is 19.9 Å². The molecule has 24 heavy (non-hydrogen) atoms. The lowest BCUT2D eigenvalue weighted by Gasteiger charge is -2.07. The summed E-state index contributed by atoms with van der Waals surface area (Å²) in [4.78, 5) is 15.3. The molecule has 0 amide bonds. The molecule has 4 aromatic rings. The van der Waals surface area contributed by atoms with Crippen molar-refractivity contribution in [3.63, 3.8) is 0 Å². The van der Waals surface area contributed by atoms with E-state index in [1.807, 2.05) is 36.5 Å². The molecule has 0 bridgehead atoms. The topological polar surface area (TPSA) is 83.9 Å². The van der Waals surface area contributed by atoms with Crippen molar-refractivity contribution in [1.29, 1.82) is 0 Å². The first-order chi connectivity index (χ1) is 11.8. The summed E-state index contributed by atoms with van der Waals surface area (Å²) in [6, 6.07) is 9.63. The van der Waals surface area contributed by atoms with Crippen molar-refractivity contribution >= 4 is 11.0 Å². The Balaban J connectivity index is 1.89. The Morgan fingerprint density at radius 3 is 2.50 bits per heavy atom. The van der Waals surface area contributed by atoms with Crippen LogP contribution in [0.15, 0.2) is 55.1 Å². The minimum atomic E-state index is -0.246. The van der Waals surface area contributed by atoms with E-state index in [0.29, 0.717) is 0 Å². The highest BCUT2D eigenvalue weighted by Gasteiger charge is 2.12. The number of aromatic hydroxyl groups is 1. The summed E-state index contributed by atoms with van der Waals surface area (Å²) < 4.78 is 5.46. The first-order valence-corrected chi connectivity index (χ1v) is 7.38. The van der Waals surface area contributed by atoms with Crippen LogP contribution < -0.4 is 4.74 Å². The summed E-state index contributed by atoms with van der Waals surface area (Å²) in [7, 11) is 1.66. The van der Waals surface area contributed by atoms with Gasteiger partial charge in [0, 0.05) is 52.4 Å². The van der Waals surface area contributed by atoms with Crippen LogP contribution >= 0.6 is 0 Å². The molecule has 0 saturated carbocycles. The smallest absolute Gasteiger partial charge is 0.313 e. The van der Waals surface area contributed by atoms with Gasteiger partial charge in [0.25, 0.3) is 0 Å². The van der Waals surface area contributed by atoms with Gasteiger partial charge in [-0.2, -0.15) is 0 Å². The molecule has 118 valence electrons. The Labute approximate surface area is 137 Å². The molecule has 6 heteroatoms. The monoisotopic (exact) mass is 318 g/mol. The van der Waals surface area contributed by atoms with Crippen LogP contribution in [0.5, 0.6) is 11.8 Å². The lowest BCUT2D eigenvalue weighted by atomic mass is 10.0. The van der Waals surface area contributed by atoms with Crippen LogP contribution in [-0.4, -0.2) is 32.2 Å².